The van der Waals surface area contributed by atoms with E-state index in [1.807, 2.05) is 31.3 Å². The van der Waals surface area contributed by atoms with Gasteiger partial charge in [0.15, 0.2) is 0 Å². The summed E-state index contributed by atoms with van der Waals surface area (Å²) >= 11 is 6.55. The predicted molar refractivity (Wildman–Crippen MR) is 146 cm³/mol. The van der Waals surface area contributed by atoms with Crippen molar-refractivity contribution in [2.75, 3.05) is 51.0 Å². The number of rotatable bonds is 8. The summed E-state index contributed by atoms with van der Waals surface area (Å²) in [5, 5.41) is 16.4. The van der Waals surface area contributed by atoms with Crippen LogP contribution in [0.25, 0.3) is 22.2 Å². The zero-order valence-corrected chi connectivity index (χ0v) is 21.4. The third-order valence-corrected chi connectivity index (χ3v) is 6.67. The number of nitro groups is 1. The van der Waals surface area contributed by atoms with Gasteiger partial charge in [0.2, 0.25) is 5.95 Å². The van der Waals surface area contributed by atoms with Crippen LogP contribution in [-0.2, 0) is 6.54 Å². The van der Waals surface area contributed by atoms with E-state index in [0.717, 1.165) is 27.8 Å². The Kier molecular flexibility index (Phi) is 5.66. The molecule has 2 aromatic heterocycles. The van der Waals surface area contributed by atoms with Gasteiger partial charge in [-0.3, -0.25) is 10.1 Å². The van der Waals surface area contributed by atoms with Gasteiger partial charge in [-0.1, -0.05) is 23.7 Å². The summed E-state index contributed by atoms with van der Waals surface area (Å²) in [4.78, 5) is 23.4. The number of halogens is 1. The van der Waals surface area contributed by atoms with Crippen LogP contribution in [0.1, 0.15) is 9.68 Å². The van der Waals surface area contributed by atoms with Crippen LogP contribution in [0.3, 0.4) is 0 Å². The Labute approximate surface area is 223 Å². The third kappa shape index (κ3) is 4.77. The molecule has 0 saturated heterocycles. The summed E-state index contributed by atoms with van der Waals surface area (Å²) in [5.74, 6) is 1.04. The topological polar surface area (TPSA) is 102 Å². The molecule has 37 heavy (non-hydrogen) atoms. The van der Waals surface area contributed by atoms with Crippen LogP contribution in [-0.4, -0.2) is 65.1 Å². The minimum atomic E-state index is -2.24. The standard InChI is InChI=1S/C26H28ClN7O3/c1-16-12-21(32(4)9-8-31(2)3)22(34(35)36)13-20(16)29-26-28-14-19(27)24(30-26)18-15-33-10-11-37-23-7-5-6-17(18)25(23)33/h5-7,12-15H,8-11H2,1-4H3,(H,28,29,30)/i2D3. The van der Waals surface area contributed by atoms with Gasteiger partial charge in [0.25, 0.3) is 5.69 Å². The van der Waals surface area contributed by atoms with Crippen LogP contribution in [0.2, 0.25) is 5.02 Å². The van der Waals surface area contributed by atoms with Crippen molar-refractivity contribution in [3.63, 3.8) is 0 Å². The largest absolute Gasteiger partial charge is 0.490 e. The second-order valence-corrected chi connectivity index (χ2v) is 9.42. The molecule has 2 aromatic carbocycles. The number of nitrogens with one attached hydrogen (secondary N) is 1. The van der Waals surface area contributed by atoms with Gasteiger partial charge in [-0.15, -0.1) is 0 Å². The summed E-state index contributed by atoms with van der Waals surface area (Å²) in [6.07, 6.45) is 3.50. The molecule has 1 aliphatic heterocycles. The normalized spacial score (nSPS) is 14.1. The van der Waals surface area contributed by atoms with E-state index in [4.69, 9.17) is 20.5 Å². The van der Waals surface area contributed by atoms with Crippen molar-refractivity contribution in [1.82, 2.24) is 19.4 Å². The molecule has 1 aliphatic rings. The molecule has 0 amide bonds. The fourth-order valence-corrected chi connectivity index (χ4v) is 4.68. The van der Waals surface area contributed by atoms with Crippen molar-refractivity contribution in [2.45, 2.75) is 13.5 Å². The predicted octanol–water partition coefficient (Wildman–Crippen LogP) is 5.10. The van der Waals surface area contributed by atoms with Gasteiger partial charge in [-0.05, 0) is 38.6 Å². The first kappa shape index (κ1) is 21.2. The number of hydrogen-bond donors (Lipinski definition) is 1. The number of para-hydroxylation sites is 1. The molecular weight excluding hydrogens is 494 g/mol. The fraction of sp³-hybridized carbons (Fsp3) is 0.308. The van der Waals surface area contributed by atoms with E-state index >= 15 is 0 Å². The van der Waals surface area contributed by atoms with Crippen molar-refractivity contribution in [2.24, 2.45) is 0 Å². The van der Waals surface area contributed by atoms with Crippen molar-refractivity contribution in [1.29, 1.82) is 0 Å². The minimum Gasteiger partial charge on any atom is -0.490 e. The molecule has 0 unspecified atom stereocenters. The quantitative estimate of drug-likeness (QED) is 0.251. The van der Waals surface area contributed by atoms with E-state index in [0.29, 0.717) is 35.2 Å². The van der Waals surface area contributed by atoms with Crippen LogP contribution in [0.15, 0.2) is 42.7 Å². The Morgan fingerprint density at radius 3 is 2.95 bits per heavy atom. The van der Waals surface area contributed by atoms with Crippen LogP contribution < -0.4 is 15.0 Å². The number of aromatic nitrogens is 3. The van der Waals surface area contributed by atoms with Crippen LogP contribution in [0.5, 0.6) is 5.75 Å². The Hall–Kier alpha value is -3.89. The number of ether oxygens (including phenoxy) is 1. The summed E-state index contributed by atoms with van der Waals surface area (Å²) < 4.78 is 30.5. The molecule has 0 spiro atoms. The first-order valence-electron chi connectivity index (χ1n) is 13.2. The highest BCUT2D eigenvalue weighted by atomic mass is 35.5. The van der Waals surface area contributed by atoms with E-state index in [2.05, 4.69) is 19.9 Å². The number of nitrogens with zero attached hydrogens (tertiary/aromatic N) is 6. The Balaban J connectivity index is 1.45. The number of benzene rings is 2. The Morgan fingerprint density at radius 1 is 1.32 bits per heavy atom. The minimum absolute atomic E-state index is 0.129. The molecule has 0 radical (unpaired) electrons. The highest BCUT2D eigenvalue weighted by molar-refractivity contribution is 6.33. The maximum Gasteiger partial charge on any atom is 0.294 e. The lowest BCUT2D eigenvalue weighted by Gasteiger charge is -2.22. The Bertz CT molecular complexity index is 1610. The van der Waals surface area contributed by atoms with Crippen molar-refractivity contribution in [3.05, 3.63) is 63.4 Å². The molecule has 0 aliphatic carbocycles. The lowest BCUT2D eigenvalue weighted by molar-refractivity contribution is -0.384. The van der Waals surface area contributed by atoms with Gasteiger partial charge in [0.1, 0.15) is 18.0 Å². The summed E-state index contributed by atoms with van der Waals surface area (Å²) in [7, 11) is 3.19. The van der Waals surface area contributed by atoms with Crippen LogP contribution >= 0.6 is 11.6 Å². The second kappa shape index (κ2) is 9.87. The highest BCUT2D eigenvalue weighted by Crippen LogP contribution is 2.39. The van der Waals surface area contributed by atoms with Gasteiger partial charge < -0.3 is 24.4 Å². The second-order valence-electron chi connectivity index (χ2n) is 9.01. The zero-order chi connectivity index (χ0) is 28.8. The molecule has 11 heteroatoms. The first-order valence-corrected chi connectivity index (χ1v) is 12.1. The van der Waals surface area contributed by atoms with Crippen molar-refractivity contribution >= 4 is 45.5 Å². The molecule has 192 valence electrons. The number of hydrogen-bond acceptors (Lipinski definition) is 8. The molecule has 0 saturated carbocycles. The van der Waals surface area contributed by atoms with Gasteiger partial charge in [0, 0.05) is 47.5 Å². The lowest BCUT2D eigenvalue weighted by atomic mass is 10.1. The molecule has 4 aromatic rings. The summed E-state index contributed by atoms with van der Waals surface area (Å²) in [5.41, 5.74) is 3.78. The fourth-order valence-electron chi connectivity index (χ4n) is 4.49. The zero-order valence-electron chi connectivity index (χ0n) is 23.7. The Morgan fingerprint density at radius 2 is 2.16 bits per heavy atom. The number of likely N-dealkylation sites (N-methyl/N-ethyl adjacent to an activating group) is 2. The molecule has 0 atom stereocenters. The SMILES string of the molecule is [2H]C([2H])([2H])N(C)CCN(C)c1cc(C)c(Nc2ncc(Cl)c(-c3cn4c5c(cccc35)OCC4)n2)cc1[N+](=O)[O-]. The van der Waals surface area contributed by atoms with Gasteiger partial charge in [-0.2, -0.15) is 0 Å². The molecule has 5 rings (SSSR count). The van der Waals surface area contributed by atoms with E-state index in [9.17, 15) is 10.1 Å². The van der Waals surface area contributed by atoms with E-state index in [1.165, 1.54) is 24.2 Å². The highest BCUT2D eigenvalue weighted by Gasteiger charge is 2.23. The number of nitro benzene ring substituents is 1. The average Bonchev–Trinajstić information content (AvgIpc) is 3.28. The van der Waals surface area contributed by atoms with Gasteiger partial charge >= 0.3 is 0 Å². The molecule has 1 N–H and O–H groups in total. The monoisotopic (exact) mass is 524 g/mol. The summed E-state index contributed by atoms with van der Waals surface area (Å²) in [6.45, 7) is 1.34. The number of anilines is 3. The number of aryl methyl sites for hydroxylation is 1. The molecule has 10 nitrogen and oxygen atoms in total. The molecule has 0 fully saturated rings. The van der Waals surface area contributed by atoms with Gasteiger partial charge in [0.05, 0.1) is 39.6 Å². The van der Waals surface area contributed by atoms with Gasteiger partial charge in [-0.25, -0.2) is 9.97 Å². The van der Waals surface area contributed by atoms with Crippen LogP contribution in [0, 0.1) is 17.0 Å². The molecule has 3 heterocycles. The van der Waals surface area contributed by atoms with Crippen molar-refractivity contribution in [3.8, 4) is 17.0 Å². The van der Waals surface area contributed by atoms with E-state index < -0.39 is 11.9 Å². The van der Waals surface area contributed by atoms with E-state index in [-0.39, 0.29) is 24.7 Å². The molecular formula is C26H28ClN7O3. The van der Waals surface area contributed by atoms with E-state index in [1.54, 1.807) is 18.0 Å². The third-order valence-electron chi connectivity index (χ3n) is 6.40. The maximum atomic E-state index is 12.0. The summed E-state index contributed by atoms with van der Waals surface area (Å²) in [6, 6.07) is 8.97. The van der Waals surface area contributed by atoms with Crippen LogP contribution in [0.4, 0.5) is 23.0 Å². The average molecular weight is 525 g/mol. The maximum absolute atomic E-state index is 12.0. The smallest absolute Gasteiger partial charge is 0.294 e. The first-order chi connectivity index (χ1) is 18.9. The van der Waals surface area contributed by atoms with Crippen molar-refractivity contribution < 1.29 is 13.8 Å². The lowest BCUT2D eigenvalue weighted by Crippen LogP contribution is -2.29. The molecule has 0 bridgehead atoms.